The second kappa shape index (κ2) is 6.53. The minimum atomic E-state index is 0.365. The van der Waals surface area contributed by atoms with Crippen LogP contribution in [0.3, 0.4) is 0 Å². The minimum absolute atomic E-state index is 0.365. The number of nitrogens with zero attached hydrogens (tertiary/aromatic N) is 2. The number of thioether (sulfide) groups is 1. The van der Waals surface area contributed by atoms with Crippen molar-refractivity contribution in [2.24, 2.45) is 0 Å². The summed E-state index contributed by atoms with van der Waals surface area (Å²) >= 11 is 1.68. The molecule has 0 spiro atoms. The highest BCUT2D eigenvalue weighted by Crippen LogP contribution is 2.24. The summed E-state index contributed by atoms with van der Waals surface area (Å²) in [6.07, 6.45) is 2.04. The zero-order valence-corrected chi connectivity index (χ0v) is 13.1. The Morgan fingerprint density at radius 3 is 2.68 bits per heavy atom. The largest absolute Gasteiger partial charge is 0.497 e. The topological polar surface area (TPSA) is 60.2 Å². The van der Waals surface area contributed by atoms with Crippen LogP contribution in [0.2, 0.25) is 0 Å². The average molecular weight is 313 g/mol. The van der Waals surface area contributed by atoms with Crippen molar-refractivity contribution >= 4 is 23.5 Å². The number of benzene rings is 2. The van der Waals surface area contributed by atoms with Gasteiger partial charge in [-0.3, -0.25) is 0 Å². The van der Waals surface area contributed by atoms with Crippen molar-refractivity contribution in [1.29, 1.82) is 0 Å². The molecule has 0 aliphatic heterocycles. The Balaban J connectivity index is 1.77. The van der Waals surface area contributed by atoms with E-state index in [1.54, 1.807) is 18.9 Å². The molecule has 0 saturated carbocycles. The fraction of sp³-hybridized carbons (Fsp3) is 0.125. The van der Waals surface area contributed by atoms with Crippen LogP contribution in [0.25, 0.3) is 11.4 Å². The van der Waals surface area contributed by atoms with E-state index in [1.807, 2.05) is 54.8 Å². The first-order valence-electron chi connectivity index (χ1n) is 6.67. The third kappa shape index (κ3) is 3.23. The first-order chi connectivity index (χ1) is 10.8. The molecule has 5 nitrogen and oxygen atoms in total. The van der Waals surface area contributed by atoms with Gasteiger partial charge in [0.1, 0.15) is 5.75 Å². The van der Waals surface area contributed by atoms with E-state index in [9.17, 15) is 0 Å². The molecule has 0 unspecified atom stereocenters. The first kappa shape index (κ1) is 14.5. The van der Waals surface area contributed by atoms with Gasteiger partial charge in [0.25, 0.3) is 0 Å². The number of methoxy groups -OCH3 is 1. The molecule has 2 aromatic carbocycles. The molecule has 0 saturated heterocycles. The van der Waals surface area contributed by atoms with Crippen LogP contribution in [0.15, 0.2) is 57.9 Å². The number of aromatic nitrogens is 2. The Morgan fingerprint density at radius 2 is 1.95 bits per heavy atom. The predicted molar refractivity (Wildman–Crippen MR) is 87.8 cm³/mol. The van der Waals surface area contributed by atoms with Crippen molar-refractivity contribution < 1.29 is 9.26 Å². The molecule has 0 fully saturated rings. The number of anilines is 2. The summed E-state index contributed by atoms with van der Waals surface area (Å²) in [6, 6.07) is 15.9. The number of nitrogens with one attached hydrogen (secondary N) is 1. The highest BCUT2D eigenvalue weighted by molar-refractivity contribution is 7.98. The second-order valence-corrected chi connectivity index (χ2v) is 5.39. The van der Waals surface area contributed by atoms with Crippen LogP contribution < -0.4 is 10.1 Å². The molecular weight excluding hydrogens is 298 g/mol. The van der Waals surface area contributed by atoms with E-state index in [0.29, 0.717) is 11.8 Å². The van der Waals surface area contributed by atoms with E-state index in [0.717, 1.165) is 17.0 Å². The first-order valence-corrected chi connectivity index (χ1v) is 7.90. The van der Waals surface area contributed by atoms with E-state index in [-0.39, 0.29) is 0 Å². The van der Waals surface area contributed by atoms with Crippen LogP contribution >= 0.6 is 11.8 Å². The lowest BCUT2D eigenvalue weighted by Crippen LogP contribution is -1.90. The average Bonchev–Trinajstić information content (AvgIpc) is 3.03. The third-order valence-electron chi connectivity index (χ3n) is 3.10. The zero-order valence-electron chi connectivity index (χ0n) is 12.2. The number of rotatable bonds is 5. The van der Waals surface area contributed by atoms with Crippen LogP contribution in [0.1, 0.15) is 0 Å². The van der Waals surface area contributed by atoms with Crippen molar-refractivity contribution in [2.45, 2.75) is 4.90 Å². The van der Waals surface area contributed by atoms with Crippen LogP contribution in [0.5, 0.6) is 5.75 Å². The van der Waals surface area contributed by atoms with Gasteiger partial charge >= 0.3 is 6.01 Å². The zero-order chi connectivity index (χ0) is 15.4. The molecule has 0 amide bonds. The predicted octanol–water partition coefficient (Wildman–Crippen LogP) is 4.21. The van der Waals surface area contributed by atoms with Gasteiger partial charge in [0.15, 0.2) is 0 Å². The molecule has 112 valence electrons. The molecule has 6 heteroatoms. The molecule has 0 bridgehead atoms. The summed E-state index contributed by atoms with van der Waals surface area (Å²) in [5.41, 5.74) is 1.78. The van der Waals surface area contributed by atoms with Gasteiger partial charge in [0.05, 0.1) is 7.11 Å². The number of hydrogen-bond donors (Lipinski definition) is 1. The maximum Gasteiger partial charge on any atom is 0.326 e. The lowest BCUT2D eigenvalue weighted by atomic mass is 10.2. The molecule has 0 aliphatic carbocycles. The maximum absolute atomic E-state index is 5.24. The fourth-order valence-corrected chi connectivity index (χ4v) is 2.42. The Labute approximate surface area is 132 Å². The van der Waals surface area contributed by atoms with E-state index in [2.05, 4.69) is 15.5 Å². The standard InChI is InChI=1S/C16H15N3O2S/c1-20-13-8-6-11(7-9-13)15-18-16(21-19-15)17-12-4-3-5-14(10-12)22-2/h3-10H,1-2H3,(H,17,18,19). The maximum atomic E-state index is 5.24. The highest BCUT2D eigenvalue weighted by Gasteiger charge is 2.09. The van der Waals surface area contributed by atoms with Gasteiger partial charge in [-0.2, -0.15) is 4.98 Å². The van der Waals surface area contributed by atoms with Gasteiger partial charge in [-0.05, 0) is 48.7 Å². The Morgan fingerprint density at radius 1 is 1.14 bits per heavy atom. The van der Waals surface area contributed by atoms with Crippen molar-refractivity contribution in [2.75, 3.05) is 18.7 Å². The van der Waals surface area contributed by atoms with E-state index < -0.39 is 0 Å². The fourth-order valence-electron chi connectivity index (χ4n) is 1.96. The number of ether oxygens (including phenoxy) is 1. The van der Waals surface area contributed by atoms with Gasteiger partial charge in [-0.1, -0.05) is 11.2 Å². The quantitative estimate of drug-likeness (QED) is 0.712. The monoisotopic (exact) mass is 313 g/mol. The molecule has 0 atom stereocenters. The molecular formula is C16H15N3O2S. The molecule has 0 radical (unpaired) electrons. The van der Waals surface area contributed by atoms with Crippen molar-refractivity contribution in [3.05, 3.63) is 48.5 Å². The molecule has 22 heavy (non-hydrogen) atoms. The van der Waals surface area contributed by atoms with Crippen LogP contribution in [-0.2, 0) is 0 Å². The molecule has 1 aromatic heterocycles. The minimum Gasteiger partial charge on any atom is -0.497 e. The molecule has 0 aliphatic rings. The van der Waals surface area contributed by atoms with Gasteiger partial charge < -0.3 is 14.6 Å². The van der Waals surface area contributed by atoms with Crippen LogP contribution in [-0.4, -0.2) is 23.5 Å². The third-order valence-corrected chi connectivity index (χ3v) is 3.82. The van der Waals surface area contributed by atoms with Gasteiger partial charge in [-0.25, -0.2) is 0 Å². The highest BCUT2D eigenvalue weighted by atomic mass is 32.2. The van der Waals surface area contributed by atoms with Crippen molar-refractivity contribution in [3.8, 4) is 17.1 Å². The van der Waals surface area contributed by atoms with E-state index >= 15 is 0 Å². The number of hydrogen-bond acceptors (Lipinski definition) is 6. The summed E-state index contributed by atoms with van der Waals surface area (Å²) in [5, 5.41) is 7.10. The van der Waals surface area contributed by atoms with E-state index in [1.165, 1.54) is 4.90 Å². The Kier molecular flexibility index (Phi) is 4.29. The normalized spacial score (nSPS) is 10.5. The molecule has 3 rings (SSSR count). The van der Waals surface area contributed by atoms with Crippen molar-refractivity contribution in [3.63, 3.8) is 0 Å². The van der Waals surface area contributed by atoms with Gasteiger partial charge in [-0.15, -0.1) is 11.8 Å². The molecule has 1 N–H and O–H groups in total. The molecule has 3 aromatic rings. The SMILES string of the molecule is COc1ccc(-c2noc(Nc3cccc(SC)c3)n2)cc1. The van der Waals surface area contributed by atoms with Gasteiger partial charge in [0.2, 0.25) is 5.82 Å². The van der Waals surface area contributed by atoms with Crippen LogP contribution in [0, 0.1) is 0 Å². The summed E-state index contributed by atoms with van der Waals surface area (Å²) in [7, 11) is 1.63. The van der Waals surface area contributed by atoms with Crippen molar-refractivity contribution in [1.82, 2.24) is 10.1 Å². The van der Waals surface area contributed by atoms with E-state index in [4.69, 9.17) is 9.26 Å². The second-order valence-electron chi connectivity index (χ2n) is 4.51. The summed E-state index contributed by atoms with van der Waals surface area (Å²) in [4.78, 5) is 5.52. The summed E-state index contributed by atoms with van der Waals surface area (Å²) in [5.74, 6) is 1.32. The summed E-state index contributed by atoms with van der Waals surface area (Å²) in [6.45, 7) is 0. The lowest BCUT2D eigenvalue weighted by molar-refractivity contribution is 0.415. The Hall–Kier alpha value is -2.47. The molecule has 1 heterocycles. The lowest BCUT2D eigenvalue weighted by Gasteiger charge is -2.02. The van der Waals surface area contributed by atoms with Gasteiger partial charge in [0, 0.05) is 16.1 Å². The summed E-state index contributed by atoms with van der Waals surface area (Å²) < 4.78 is 10.4. The smallest absolute Gasteiger partial charge is 0.326 e. The Bertz CT molecular complexity index is 756. The van der Waals surface area contributed by atoms with Crippen LogP contribution in [0.4, 0.5) is 11.7 Å².